The Kier molecular flexibility index (Phi) is 3.68. The molecule has 16 heavy (non-hydrogen) atoms. The molecular weight excluding hydrogens is 198 g/mol. The normalized spacial score (nSPS) is 30.1. The van der Waals surface area contributed by atoms with Crippen molar-refractivity contribution < 1.29 is 4.79 Å². The molecule has 2 heteroatoms. The molecule has 1 aliphatic heterocycles. The molecule has 1 unspecified atom stereocenters. The molecule has 0 aromatic rings. The van der Waals surface area contributed by atoms with E-state index in [1.807, 2.05) is 0 Å². The average Bonchev–Trinajstić information content (AvgIpc) is 2.88. The molecule has 1 saturated heterocycles. The highest BCUT2D eigenvalue weighted by Gasteiger charge is 2.37. The summed E-state index contributed by atoms with van der Waals surface area (Å²) >= 11 is 0. The first-order valence-corrected chi connectivity index (χ1v) is 6.84. The van der Waals surface area contributed by atoms with Crippen molar-refractivity contribution >= 4 is 6.29 Å². The van der Waals surface area contributed by atoms with Crippen LogP contribution in [0.3, 0.4) is 0 Å². The van der Waals surface area contributed by atoms with Crippen LogP contribution in [-0.4, -0.2) is 30.8 Å². The quantitative estimate of drug-likeness (QED) is 0.683. The lowest BCUT2D eigenvalue weighted by Crippen LogP contribution is -2.36. The Labute approximate surface area is 99.4 Å². The monoisotopic (exact) mass is 223 g/mol. The molecule has 0 amide bonds. The fraction of sp³-hybridized carbons (Fsp3) is 0.929. The highest BCUT2D eigenvalue weighted by atomic mass is 16.1. The number of likely N-dealkylation sites (tertiary alicyclic amines) is 1. The van der Waals surface area contributed by atoms with Crippen molar-refractivity contribution in [2.75, 3.05) is 19.6 Å². The van der Waals surface area contributed by atoms with E-state index in [0.29, 0.717) is 0 Å². The molecule has 1 atom stereocenters. The van der Waals surface area contributed by atoms with Gasteiger partial charge in [0.1, 0.15) is 6.29 Å². The summed E-state index contributed by atoms with van der Waals surface area (Å²) in [4.78, 5) is 13.8. The van der Waals surface area contributed by atoms with Gasteiger partial charge in [-0.15, -0.1) is 0 Å². The van der Waals surface area contributed by atoms with Crippen molar-refractivity contribution in [2.45, 2.75) is 46.0 Å². The van der Waals surface area contributed by atoms with E-state index in [4.69, 9.17) is 0 Å². The average molecular weight is 223 g/mol. The van der Waals surface area contributed by atoms with Crippen LogP contribution in [0.25, 0.3) is 0 Å². The van der Waals surface area contributed by atoms with Crippen LogP contribution in [0, 0.1) is 17.3 Å². The summed E-state index contributed by atoms with van der Waals surface area (Å²) in [7, 11) is 0. The molecule has 2 aliphatic rings. The fourth-order valence-corrected chi connectivity index (χ4v) is 3.39. The van der Waals surface area contributed by atoms with E-state index in [1.54, 1.807) is 0 Å². The van der Waals surface area contributed by atoms with Gasteiger partial charge in [-0.25, -0.2) is 0 Å². The molecule has 1 aliphatic carbocycles. The minimum Gasteiger partial charge on any atom is -0.303 e. The number of hydrogen-bond donors (Lipinski definition) is 0. The standard InChI is InChI=1S/C14H25NO/c1-12(2)13-5-8-15(9-13)10-14(11-16)6-3-4-7-14/h11-13H,3-10H2,1-2H3. The summed E-state index contributed by atoms with van der Waals surface area (Å²) < 4.78 is 0. The molecule has 0 aromatic carbocycles. The van der Waals surface area contributed by atoms with Gasteiger partial charge in [0, 0.05) is 18.5 Å². The molecule has 1 saturated carbocycles. The Hall–Kier alpha value is -0.370. The Morgan fingerprint density at radius 1 is 1.38 bits per heavy atom. The number of carbonyl (C=O) groups is 1. The van der Waals surface area contributed by atoms with Crippen LogP contribution in [0.1, 0.15) is 46.0 Å². The molecule has 2 fully saturated rings. The SMILES string of the molecule is CC(C)C1CCN(CC2(C=O)CCCC2)C1. The van der Waals surface area contributed by atoms with E-state index in [1.165, 1.54) is 38.6 Å². The van der Waals surface area contributed by atoms with Gasteiger partial charge < -0.3 is 9.69 Å². The molecule has 0 spiro atoms. The second-order valence-electron chi connectivity index (χ2n) is 6.22. The van der Waals surface area contributed by atoms with Gasteiger partial charge in [-0.05, 0) is 37.6 Å². The lowest BCUT2D eigenvalue weighted by molar-refractivity contribution is -0.116. The minimum atomic E-state index is 0.0197. The van der Waals surface area contributed by atoms with Crippen LogP contribution < -0.4 is 0 Å². The summed E-state index contributed by atoms with van der Waals surface area (Å²) in [6, 6.07) is 0. The second-order valence-corrected chi connectivity index (χ2v) is 6.22. The number of carbonyl (C=O) groups excluding carboxylic acids is 1. The Morgan fingerprint density at radius 2 is 2.06 bits per heavy atom. The Bertz CT molecular complexity index is 243. The smallest absolute Gasteiger partial charge is 0.127 e. The molecule has 0 radical (unpaired) electrons. The van der Waals surface area contributed by atoms with Crippen LogP contribution in [0.4, 0.5) is 0 Å². The number of rotatable bonds is 4. The summed E-state index contributed by atoms with van der Waals surface area (Å²) in [6.45, 7) is 8.09. The van der Waals surface area contributed by atoms with E-state index in [2.05, 4.69) is 18.7 Å². The lowest BCUT2D eigenvalue weighted by atomic mass is 9.87. The third kappa shape index (κ3) is 2.48. The van der Waals surface area contributed by atoms with Crippen molar-refractivity contribution in [1.82, 2.24) is 4.90 Å². The van der Waals surface area contributed by atoms with Gasteiger partial charge in [-0.3, -0.25) is 0 Å². The molecular formula is C14H25NO. The third-order valence-corrected chi connectivity index (χ3v) is 4.64. The summed E-state index contributed by atoms with van der Waals surface area (Å²) in [6.07, 6.45) is 7.33. The topological polar surface area (TPSA) is 20.3 Å². The first kappa shape index (κ1) is 12.1. The molecule has 0 bridgehead atoms. The van der Waals surface area contributed by atoms with Crippen LogP contribution >= 0.6 is 0 Å². The van der Waals surface area contributed by atoms with Crippen molar-refractivity contribution in [1.29, 1.82) is 0 Å². The van der Waals surface area contributed by atoms with Crippen LogP contribution in [0.2, 0.25) is 0 Å². The van der Waals surface area contributed by atoms with Gasteiger partial charge in [0.05, 0.1) is 0 Å². The van der Waals surface area contributed by atoms with E-state index in [0.717, 1.165) is 31.2 Å². The van der Waals surface area contributed by atoms with Gasteiger partial charge in [0.25, 0.3) is 0 Å². The first-order valence-electron chi connectivity index (χ1n) is 6.84. The maximum atomic E-state index is 11.3. The number of aldehydes is 1. The number of hydrogen-bond acceptors (Lipinski definition) is 2. The maximum absolute atomic E-state index is 11.3. The molecule has 2 nitrogen and oxygen atoms in total. The maximum Gasteiger partial charge on any atom is 0.127 e. The zero-order chi connectivity index (χ0) is 11.6. The fourth-order valence-electron chi connectivity index (χ4n) is 3.39. The Balaban J connectivity index is 1.88. The largest absolute Gasteiger partial charge is 0.303 e. The molecule has 92 valence electrons. The highest BCUT2D eigenvalue weighted by Crippen LogP contribution is 2.38. The zero-order valence-corrected chi connectivity index (χ0v) is 10.7. The Morgan fingerprint density at radius 3 is 2.56 bits per heavy atom. The highest BCUT2D eigenvalue weighted by molar-refractivity contribution is 5.60. The van der Waals surface area contributed by atoms with Gasteiger partial charge in [0.2, 0.25) is 0 Å². The number of nitrogens with zero attached hydrogens (tertiary/aromatic N) is 1. The van der Waals surface area contributed by atoms with Crippen molar-refractivity contribution in [3.8, 4) is 0 Å². The van der Waals surface area contributed by atoms with E-state index < -0.39 is 0 Å². The van der Waals surface area contributed by atoms with Crippen molar-refractivity contribution in [2.24, 2.45) is 17.3 Å². The van der Waals surface area contributed by atoms with Crippen LogP contribution in [0.5, 0.6) is 0 Å². The summed E-state index contributed by atoms with van der Waals surface area (Å²) in [5.41, 5.74) is 0.0197. The van der Waals surface area contributed by atoms with Crippen LogP contribution in [-0.2, 0) is 4.79 Å². The van der Waals surface area contributed by atoms with Gasteiger partial charge in [-0.2, -0.15) is 0 Å². The second kappa shape index (κ2) is 4.87. The third-order valence-electron chi connectivity index (χ3n) is 4.64. The van der Waals surface area contributed by atoms with Crippen molar-refractivity contribution in [3.05, 3.63) is 0 Å². The summed E-state index contributed by atoms with van der Waals surface area (Å²) in [5.74, 6) is 1.64. The minimum absolute atomic E-state index is 0.0197. The van der Waals surface area contributed by atoms with E-state index in [-0.39, 0.29) is 5.41 Å². The van der Waals surface area contributed by atoms with Gasteiger partial charge >= 0.3 is 0 Å². The molecule has 1 heterocycles. The van der Waals surface area contributed by atoms with E-state index >= 15 is 0 Å². The van der Waals surface area contributed by atoms with Crippen LogP contribution in [0.15, 0.2) is 0 Å². The lowest BCUT2D eigenvalue weighted by Gasteiger charge is -2.28. The summed E-state index contributed by atoms with van der Waals surface area (Å²) in [5, 5.41) is 0. The molecule has 0 aromatic heterocycles. The van der Waals surface area contributed by atoms with Gasteiger partial charge in [0.15, 0.2) is 0 Å². The first-order chi connectivity index (χ1) is 7.65. The van der Waals surface area contributed by atoms with E-state index in [9.17, 15) is 4.79 Å². The predicted molar refractivity (Wildman–Crippen MR) is 66.4 cm³/mol. The predicted octanol–water partition coefficient (Wildman–Crippen LogP) is 2.72. The molecule has 2 rings (SSSR count). The van der Waals surface area contributed by atoms with Gasteiger partial charge in [-0.1, -0.05) is 26.7 Å². The van der Waals surface area contributed by atoms with Crippen molar-refractivity contribution in [3.63, 3.8) is 0 Å². The zero-order valence-electron chi connectivity index (χ0n) is 10.7. The molecule has 0 N–H and O–H groups in total.